The Morgan fingerprint density at radius 3 is 2.75 bits per heavy atom. The number of hydrogen-bond acceptors (Lipinski definition) is 3. The molecule has 0 bridgehead atoms. The fraction of sp³-hybridized carbons (Fsp3) is 0.421. The lowest BCUT2D eigenvalue weighted by molar-refractivity contribution is -0.155. The molecule has 0 aliphatic heterocycles. The number of rotatable bonds is 5. The van der Waals surface area contributed by atoms with E-state index in [0.29, 0.717) is 6.54 Å². The summed E-state index contributed by atoms with van der Waals surface area (Å²) >= 11 is 0. The lowest BCUT2D eigenvalue weighted by atomic mass is 9.68. The van der Waals surface area contributed by atoms with E-state index in [9.17, 15) is 9.90 Å². The van der Waals surface area contributed by atoms with E-state index in [2.05, 4.69) is 16.5 Å². The van der Waals surface area contributed by atoms with E-state index in [4.69, 9.17) is 4.98 Å². The minimum absolute atomic E-state index is 0.502. The van der Waals surface area contributed by atoms with E-state index < -0.39 is 11.4 Å². The molecule has 0 spiro atoms. The molecule has 0 unspecified atom stereocenters. The zero-order chi connectivity index (χ0) is 16.7. The van der Waals surface area contributed by atoms with Crippen LogP contribution < -0.4 is 0 Å². The maximum atomic E-state index is 11.9. The van der Waals surface area contributed by atoms with E-state index in [1.807, 2.05) is 30.5 Å². The number of imidazole rings is 1. The summed E-state index contributed by atoms with van der Waals surface area (Å²) in [7, 11) is 0. The Hall–Kier alpha value is -2.43. The lowest BCUT2D eigenvalue weighted by Crippen LogP contribution is -2.42. The van der Waals surface area contributed by atoms with Crippen molar-refractivity contribution in [2.45, 2.75) is 45.6 Å². The van der Waals surface area contributed by atoms with Gasteiger partial charge in [0.25, 0.3) is 0 Å². The molecule has 0 saturated heterocycles. The van der Waals surface area contributed by atoms with Crippen molar-refractivity contribution in [3.8, 4) is 0 Å². The van der Waals surface area contributed by atoms with Gasteiger partial charge in [0.2, 0.25) is 0 Å². The zero-order valence-electron chi connectivity index (χ0n) is 13.8. The van der Waals surface area contributed by atoms with Gasteiger partial charge in [-0.2, -0.15) is 0 Å². The van der Waals surface area contributed by atoms with Gasteiger partial charge < -0.3 is 9.67 Å². The highest BCUT2D eigenvalue weighted by Crippen LogP contribution is 2.44. The number of benzene rings is 1. The molecule has 0 radical (unpaired) electrons. The zero-order valence-corrected chi connectivity index (χ0v) is 13.8. The third kappa shape index (κ3) is 2.19. The van der Waals surface area contributed by atoms with Crippen LogP contribution in [0.4, 0.5) is 0 Å². The molecule has 1 aliphatic carbocycles. The van der Waals surface area contributed by atoms with Crippen molar-refractivity contribution in [3.05, 3.63) is 36.3 Å². The molecule has 2 aromatic heterocycles. The number of pyridine rings is 1. The van der Waals surface area contributed by atoms with Crippen LogP contribution in [0.15, 0.2) is 30.5 Å². The smallest absolute Gasteiger partial charge is 0.311 e. The number of aryl methyl sites for hydroxylation is 1. The Balaban J connectivity index is 1.95. The second kappa shape index (κ2) is 5.58. The number of hydrogen-bond donors (Lipinski definition) is 1. The van der Waals surface area contributed by atoms with Crippen LogP contribution in [0.25, 0.3) is 21.9 Å². The SMILES string of the molecule is CCCc1nc2cnc3ccccc3c2n1CC1(C(=O)O)CCC1. The van der Waals surface area contributed by atoms with E-state index in [0.717, 1.165) is 59.9 Å². The number of aliphatic carboxylic acids is 1. The van der Waals surface area contributed by atoms with Crippen LogP contribution in [-0.2, 0) is 17.8 Å². The van der Waals surface area contributed by atoms with Crippen LogP contribution in [0.2, 0.25) is 0 Å². The Bertz CT molecular complexity index is 925. The van der Waals surface area contributed by atoms with Crippen LogP contribution in [0, 0.1) is 5.41 Å². The highest BCUT2D eigenvalue weighted by atomic mass is 16.4. The van der Waals surface area contributed by atoms with Gasteiger partial charge >= 0.3 is 5.97 Å². The number of fused-ring (bicyclic) bond motifs is 3. The molecule has 3 aromatic rings. The summed E-state index contributed by atoms with van der Waals surface area (Å²) < 4.78 is 2.15. The third-order valence-corrected chi connectivity index (χ3v) is 5.26. The highest BCUT2D eigenvalue weighted by Gasteiger charge is 2.45. The summed E-state index contributed by atoms with van der Waals surface area (Å²) in [5.74, 6) is 0.287. The Morgan fingerprint density at radius 1 is 1.29 bits per heavy atom. The number of nitrogens with zero attached hydrogens (tertiary/aromatic N) is 3. The molecule has 5 nitrogen and oxygen atoms in total. The number of aromatic nitrogens is 3. The maximum absolute atomic E-state index is 11.9. The van der Waals surface area contributed by atoms with Crippen molar-refractivity contribution in [2.24, 2.45) is 5.41 Å². The molecule has 4 rings (SSSR count). The average Bonchev–Trinajstić information content (AvgIpc) is 2.88. The van der Waals surface area contributed by atoms with Gasteiger partial charge in [-0.3, -0.25) is 9.78 Å². The summed E-state index contributed by atoms with van der Waals surface area (Å²) in [6.07, 6.45) is 6.12. The van der Waals surface area contributed by atoms with Gasteiger partial charge in [-0.25, -0.2) is 4.98 Å². The number of para-hydroxylation sites is 1. The molecule has 1 N–H and O–H groups in total. The molecule has 5 heteroatoms. The quantitative estimate of drug-likeness (QED) is 0.775. The highest BCUT2D eigenvalue weighted by molar-refractivity contribution is 6.02. The summed E-state index contributed by atoms with van der Waals surface area (Å²) in [5.41, 5.74) is 2.17. The van der Waals surface area contributed by atoms with Crippen LogP contribution in [-0.4, -0.2) is 25.6 Å². The second-order valence-corrected chi connectivity index (χ2v) is 6.81. The normalized spacial score (nSPS) is 16.4. The lowest BCUT2D eigenvalue weighted by Gasteiger charge is -2.38. The molecule has 0 amide bonds. The van der Waals surface area contributed by atoms with Gasteiger partial charge in [0.15, 0.2) is 0 Å². The van der Waals surface area contributed by atoms with Crippen LogP contribution >= 0.6 is 0 Å². The minimum Gasteiger partial charge on any atom is -0.481 e. The van der Waals surface area contributed by atoms with E-state index in [1.165, 1.54) is 0 Å². The Labute approximate surface area is 140 Å². The second-order valence-electron chi connectivity index (χ2n) is 6.81. The molecular formula is C19H21N3O2. The van der Waals surface area contributed by atoms with E-state index in [1.54, 1.807) is 0 Å². The number of carboxylic acids is 1. The summed E-state index contributed by atoms with van der Waals surface area (Å²) in [5, 5.41) is 10.8. The van der Waals surface area contributed by atoms with E-state index in [-0.39, 0.29) is 0 Å². The van der Waals surface area contributed by atoms with E-state index >= 15 is 0 Å². The molecule has 1 aliphatic rings. The summed E-state index contributed by atoms with van der Waals surface area (Å²) in [4.78, 5) is 21.1. The first-order chi connectivity index (χ1) is 11.6. The molecule has 124 valence electrons. The Kier molecular flexibility index (Phi) is 3.52. The topological polar surface area (TPSA) is 68.0 Å². The van der Waals surface area contributed by atoms with Crippen LogP contribution in [0.1, 0.15) is 38.4 Å². The van der Waals surface area contributed by atoms with Gasteiger partial charge in [-0.15, -0.1) is 0 Å². The van der Waals surface area contributed by atoms with Crippen LogP contribution in [0.3, 0.4) is 0 Å². The first-order valence-corrected chi connectivity index (χ1v) is 8.61. The summed E-state index contributed by atoms with van der Waals surface area (Å²) in [6.45, 7) is 2.62. The predicted octanol–water partition coefficient (Wildman–Crippen LogP) is 3.79. The van der Waals surface area contributed by atoms with Gasteiger partial charge in [0, 0.05) is 18.4 Å². The van der Waals surface area contributed by atoms with Crippen molar-refractivity contribution in [2.75, 3.05) is 0 Å². The summed E-state index contributed by atoms with van der Waals surface area (Å²) in [6, 6.07) is 8.00. The molecule has 1 fully saturated rings. The van der Waals surface area contributed by atoms with Crippen molar-refractivity contribution in [1.82, 2.24) is 14.5 Å². The number of carboxylic acid groups (broad SMARTS) is 1. The molecule has 24 heavy (non-hydrogen) atoms. The molecule has 1 aromatic carbocycles. The fourth-order valence-electron chi connectivity index (χ4n) is 3.74. The van der Waals surface area contributed by atoms with Crippen LogP contribution in [0.5, 0.6) is 0 Å². The van der Waals surface area contributed by atoms with Gasteiger partial charge in [0.05, 0.1) is 22.6 Å². The molecule has 0 atom stereocenters. The van der Waals surface area contributed by atoms with Gasteiger partial charge in [-0.05, 0) is 25.3 Å². The predicted molar refractivity (Wildman–Crippen MR) is 92.9 cm³/mol. The van der Waals surface area contributed by atoms with Gasteiger partial charge in [0.1, 0.15) is 11.3 Å². The third-order valence-electron chi connectivity index (χ3n) is 5.26. The molecular weight excluding hydrogens is 302 g/mol. The largest absolute Gasteiger partial charge is 0.481 e. The molecule has 1 saturated carbocycles. The van der Waals surface area contributed by atoms with Gasteiger partial charge in [-0.1, -0.05) is 31.5 Å². The standard InChI is InChI=1S/C19H21N3O2/c1-2-6-16-21-15-11-20-14-8-4-3-7-13(14)17(15)22(16)12-19(18(23)24)9-5-10-19/h3-4,7-8,11H,2,5-6,9-10,12H2,1H3,(H,23,24). The Morgan fingerprint density at radius 2 is 2.08 bits per heavy atom. The first-order valence-electron chi connectivity index (χ1n) is 8.61. The first kappa shape index (κ1) is 15.1. The molecule has 2 heterocycles. The van der Waals surface area contributed by atoms with Crippen molar-refractivity contribution in [3.63, 3.8) is 0 Å². The average molecular weight is 323 g/mol. The number of carbonyl (C=O) groups is 1. The van der Waals surface area contributed by atoms with Crippen molar-refractivity contribution < 1.29 is 9.90 Å². The van der Waals surface area contributed by atoms with Crippen molar-refractivity contribution >= 4 is 27.9 Å². The fourth-order valence-corrected chi connectivity index (χ4v) is 3.74. The minimum atomic E-state index is -0.684. The maximum Gasteiger partial charge on any atom is 0.311 e. The van der Waals surface area contributed by atoms with Crippen molar-refractivity contribution in [1.29, 1.82) is 0 Å². The monoisotopic (exact) mass is 323 g/mol.